The quantitative estimate of drug-likeness (QED) is 0.772. The molecule has 0 atom stereocenters. The summed E-state index contributed by atoms with van der Waals surface area (Å²) in [5.41, 5.74) is 2.46. The minimum absolute atomic E-state index is 0.147. The van der Waals surface area contributed by atoms with Crippen molar-refractivity contribution in [3.05, 3.63) is 71.2 Å². The molecule has 0 saturated carbocycles. The molecule has 2 aromatic carbocycles. The fraction of sp³-hybridized carbons (Fsp3) is 0.0588. The number of hydrogen-bond donors (Lipinski definition) is 1. The summed E-state index contributed by atoms with van der Waals surface area (Å²) >= 11 is 1.42. The number of anilines is 1. The molecule has 3 rings (SSSR count). The minimum Gasteiger partial charge on any atom is -0.431 e. The first kappa shape index (κ1) is 14.3. The third-order valence-electron chi connectivity index (χ3n) is 3.01. The van der Waals surface area contributed by atoms with E-state index in [0.29, 0.717) is 16.5 Å². The second-order valence-electron chi connectivity index (χ2n) is 4.75. The number of nitrogens with zero attached hydrogens (tertiary/aromatic N) is 1. The molecule has 110 valence electrons. The third kappa shape index (κ3) is 3.51. The summed E-state index contributed by atoms with van der Waals surface area (Å²) in [6.07, 6.45) is 1.68. The SMILES string of the molecule is Cc1cccc(NC(=O)c2ccc(Oc3nccs3)cc2)c1. The molecule has 0 fully saturated rings. The van der Waals surface area contributed by atoms with Gasteiger partial charge in [0.25, 0.3) is 11.1 Å². The number of amides is 1. The Morgan fingerprint density at radius 1 is 1.18 bits per heavy atom. The van der Waals surface area contributed by atoms with E-state index in [9.17, 15) is 4.79 Å². The van der Waals surface area contributed by atoms with E-state index < -0.39 is 0 Å². The van der Waals surface area contributed by atoms with Gasteiger partial charge in [0.1, 0.15) is 5.75 Å². The van der Waals surface area contributed by atoms with Crippen molar-refractivity contribution in [2.24, 2.45) is 0 Å². The van der Waals surface area contributed by atoms with Gasteiger partial charge in [-0.25, -0.2) is 4.98 Å². The molecule has 0 radical (unpaired) electrons. The van der Waals surface area contributed by atoms with Gasteiger partial charge in [-0.3, -0.25) is 4.79 Å². The average Bonchev–Trinajstić information content (AvgIpc) is 3.01. The monoisotopic (exact) mass is 310 g/mol. The molecule has 0 unspecified atom stereocenters. The molecular formula is C17H14N2O2S. The van der Waals surface area contributed by atoms with Crippen molar-refractivity contribution in [2.75, 3.05) is 5.32 Å². The number of aromatic nitrogens is 1. The standard InChI is InChI=1S/C17H14N2O2S/c1-12-3-2-4-14(11-12)19-16(20)13-5-7-15(8-6-13)21-17-18-9-10-22-17/h2-11H,1H3,(H,19,20). The predicted molar refractivity (Wildman–Crippen MR) is 87.8 cm³/mol. The molecule has 1 heterocycles. The lowest BCUT2D eigenvalue weighted by atomic mass is 10.2. The van der Waals surface area contributed by atoms with Gasteiger partial charge >= 0.3 is 0 Å². The summed E-state index contributed by atoms with van der Waals surface area (Å²) in [6, 6.07) is 14.7. The van der Waals surface area contributed by atoms with E-state index in [0.717, 1.165) is 11.3 Å². The molecule has 0 aliphatic carbocycles. The smallest absolute Gasteiger partial charge is 0.278 e. The average molecular weight is 310 g/mol. The number of ether oxygens (including phenoxy) is 1. The van der Waals surface area contributed by atoms with E-state index in [1.54, 1.807) is 30.5 Å². The largest absolute Gasteiger partial charge is 0.431 e. The molecule has 4 nitrogen and oxygen atoms in total. The van der Waals surface area contributed by atoms with E-state index in [1.807, 2.05) is 36.6 Å². The molecule has 5 heteroatoms. The van der Waals surface area contributed by atoms with Crippen molar-refractivity contribution in [3.63, 3.8) is 0 Å². The Hall–Kier alpha value is -2.66. The van der Waals surface area contributed by atoms with Crippen molar-refractivity contribution in [2.45, 2.75) is 6.92 Å². The highest BCUT2D eigenvalue weighted by atomic mass is 32.1. The lowest BCUT2D eigenvalue weighted by Crippen LogP contribution is -2.11. The molecule has 0 spiro atoms. The van der Waals surface area contributed by atoms with Crippen molar-refractivity contribution < 1.29 is 9.53 Å². The number of carbonyl (C=O) groups excluding carboxylic acids is 1. The Labute approximate surface area is 132 Å². The molecule has 0 bridgehead atoms. The molecule has 1 aromatic heterocycles. The van der Waals surface area contributed by atoms with Crippen LogP contribution in [-0.4, -0.2) is 10.9 Å². The van der Waals surface area contributed by atoms with Gasteiger partial charge < -0.3 is 10.1 Å². The van der Waals surface area contributed by atoms with Gasteiger partial charge in [-0.2, -0.15) is 0 Å². The van der Waals surface area contributed by atoms with Gasteiger partial charge in [-0.05, 0) is 48.9 Å². The number of carbonyl (C=O) groups is 1. The summed E-state index contributed by atoms with van der Waals surface area (Å²) in [7, 11) is 0. The second kappa shape index (κ2) is 6.41. The fourth-order valence-corrected chi connectivity index (χ4v) is 2.47. The number of benzene rings is 2. The van der Waals surface area contributed by atoms with Crippen molar-refractivity contribution in [3.8, 4) is 10.9 Å². The van der Waals surface area contributed by atoms with Crippen molar-refractivity contribution in [1.29, 1.82) is 0 Å². The van der Waals surface area contributed by atoms with Gasteiger partial charge in [-0.1, -0.05) is 23.5 Å². The van der Waals surface area contributed by atoms with Crippen LogP contribution in [0.4, 0.5) is 5.69 Å². The number of nitrogens with one attached hydrogen (secondary N) is 1. The van der Waals surface area contributed by atoms with E-state index in [-0.39, 0.29) is 5.91 Å². The van der Waals surface area contributed by atoms with Crippen LogP contribution in [0.3, 0.4) is 0 Å². The summed E-state index contributed by atoms with van der Waals surface area (Å²) in [6.45, 7) is 1.99. The Morgan fingerprint density at radius 2 is 2.00 bits per heavy atom. The summed E-state index contributed by atoms with van der Waals surface area (Å²) < 4.78 is 5.56. The van der Waals surface area contributed by atoms with Gasteiger partial charge in [-0.15, -0.1) is 0 Å². The summed E-state index contributed by atoms with van der Waals surface area (Å²) in [5, 5.41) is 5.30. The van der Waals surface area contributed by atoms with Crippen molar-refractivity contribution in [1.82, 2.24) is 4.98 Å². The van der Waals surface area contributed by atoms with Crippen LogP contribution in [-0.2, 0) is 0 Å². The van der Waals surface area contributed by atoms with Gasteiger partial charge in [0.2, 0.25) is 0 Å². The molecule has 1 amide bonds. The fourth-order valence-electron chi connectivity index (χ4n) is 1.96. The third-order valence-corrected chi connectivity index (χ3v) is 3.66. The predicted octanol–water partition coefficient (Wildman–Crippen LogP) is 4.50. The number of thiazole rings is 1. The molecule has 0 aliphatic heterocycles. The Bertz CT molecular complexity index is 768. The molecule has 22 heavy (non-hydrogen) atoms. The van der Waals surface area contributed by atoms with Gasteiger partial charge in [0.05, 0.1) is 0 Å². The summed E-state index contributed by atoms with van der Waals surface area (Å²) in [4.78, 5) is 16.2. The van der Waals surface area contributed by atoms with Crippen LogP contribution in [0.5, 0.6) is 10.9 Å². The summed E-state index contributed by atoms with van der Waals surface area (Å²) in [5.74, 6) is 0.508. The van der Waals surface area contributed by atoms with Crippen LogP contribution in [0, 0.1) is 6.92 Å². The minimum atomic E-state index is -0.147. The van der Waals surface area contributed by atoms with E-state index in [1.165, 1.54) is 11.3 Å². The molecule has 3 aromatic rings. The Balaban J connectivity index is 1.68. The lowest BCUT2D eigenvalue weighted by molar-refractivity contribution is 0.102. The van der Waals surface area contributed by atoms with Crippen LogP contribution in [0.15, 0.2) is 60.1 Å². The zero-order chi connectivity index (χ0) is 15.4. The zero-order valence-corrected chi connectivity index (χ0v) is 12.8. The van der Waals surface area contributed by atoms with Crippen LogP contribution in [0.25, 0.3) is 0 Å². The van der Waals surface area contributed by atoms with Gasteiger partial charge in [0.15, 0.2) is 0 Å². The maximum absolute atomic E-state index is 12.2. The topological polar surface area (TPSA) is 51.2 Å². The maximum atomic E-state index is 12.2. The van der Waals surface area contributed by atoms with E-state index >= 15 is 0 Å². The van der Waals surface area contributed by atoms with Crippen LogP contribution < -0.4 is 10.1 Å². The Kier molecular flexibility index (Phi) is 4.16. The first-order valence-electron chi connectivity index (χ1n) is 6.76. The highest BCUT2D eigenvalue weighted by Gasteiger charge is 2.07. The Morgan fingerprint density at radius 3 is 2.68 bits per heavy atom. The molecule has 1 N–H and O–H groups in total. The highest BCUT2D eigenvalue weighted by Crippen LogP contribution is 2.23. The molecule has 0 aliphatic rings. The number of rotatable bonds is 4. The molecule has 0 saturated heterocycles. The van der Waals surface area contributed by atoms with E-state index in [4.69, 9.17) is 4.74 Å². The van der Waals surface area contributed by atoms with Crippen LogP contribution >= 0.6 is 11.3 Å². The maximum Gasteiger partial charge on any atom is 0.278 e. The van der Waals surface area contributed by atoms with Gasteiger partial charge in [0, 0.05) is 22.8 Å². The van der Waals surface area contributed by atoms with E-state index in [2.05, 4.69) is 10.3 Å². The van der Waals surface area contributed by atoms with Crippen LogP contribution in [0.2, 0.25) is 0 Å². The number of hydrogen-bond acceptors (Lipinski definition) is 4. The van der Waals surface area contributed by atoms with Crippen molar-refractivity contribution >= 4 is 22.9 Å². The first-order chi connectivity index (χ1) is 10.7. The highest BCUT2D eigenvalue weighted by molar-refractivity contribution is 7.11. The first-order valence-corrected chi connectivity index (χ1v) is 7.64. The molecular weight excluding hydrogens is 296 g/mol. The van der Waals surface area contributed by atoms with Crippen LogP contribution in [0.1, 0.15) is 15.9 Å². The normalized spacial score (nSPS) is 10.2. The lowest BCUT2D eigenvalue weighted by Gasteiger charge is -2.07. The second-order valence-corrected chi connectivity index (χ2v) is 5.61. The number of aryl methyl sites for hydroxylation is 1. The zero-order valence-electron chi connectivity index (χ0n) is 11.9.